The van der Waals surface area contributed by atoms with E-state index in [2.05, 4.69) is 13.9 Å². The van der Waals surface area contributed by atoms with Gasteiger partial charge in [0.2, 0.25) is 10.5 Å². The van der Waals surface area contributed by atoms with Gasteiger partial charge in [-0.25, -0.2) is 0 Å². The Balaban J connectivity index is 0. The second kappa shape index (κ2) is 9.15. The van der Waals surface area contributed by atoms with Crippen molar-refractivity contribution in [3.05, 3.63) is 0 Å². The van der Waals surface area contributed by atoms with Crippen LogP contribution in [0.5, 0.6) is 0 Å². The van der Waals surface area contributed by atoms with E-state index in [1.807, 2.05) is 0 Å². The molecule has 8 heteroatoms. The number of hydrogen-bond donors (Lipinski definition) is 1. The Labute approximate surface area is 89.8 Å². The topological polar surface area (TPSA) is 99.1 Å². The zero-order valence-corrected chi connectivity index (χ0v) is 11.0. The molecule has 0 rings (SSSR count). The molecule has 0 bridgehead atoms. The molecule has 0 aliphatic heterocycles. The van der Waals surface area contributed by atoms with E-state index >= 15 is 0 Å². The summed E-state index contributed by atoms with van der Waals surface area (Å²) >= 11 is 0. The molecule has 0 heterocycles. The maximum Gasteiger partial charge on any atom is 0.362 e. The predicted octanol–water partition coefficient (Wildman–Crippen LogP) is -1.78. The van der Waals surface area contributed by atoms with Crippen LogP contribution in [-0.4, -0.2) is 40.0 Å². The van der Waals surface area contributed by atoms with Crippen molar-refractivity contribution in [3.8, 4) is 0 Å². The highest BCUT2D eigenvalue weighted by molar-refractivity contribution is 6.04. The van der Waals surface area contributed by atoms with Crippen molar-refractivity contribution < 1.29 is 33.4 Å². The van der Waals surface area contributed by atoms with Gasteiger partial charge in [0.15, 0.2) is 0 Å². The molecule has 88 valence electrons. The lowest BCUT2D eigenvalue weighted by atomic mass is 10.8. The summed E-state index contributed by atoms with van der Waals surface area (Å²) < 4.78 is 12.3. The fraction of sp³-hybridized carbons (Fsp3) is 0.571. The summed E-state index contributed by atoms with van der Waals surface area (Å²) in [6, 6.07) is 0. The van der Waals surface area contributed by atoms with E-state index < -0.39 is 18.4 Å². The molecule has 1 N–H and O–H groups in total. The van der Waals surface area contributed by atoms with Gasteiger partial charge in [0, 0.05) is 20.8 Å². The van der Waals surface area contributed by atoms with Crippen LogP contribution in [-0.2, 0) is 28.3 Å². The third-order valence-corrected chi connectivity index (χ3v) is 1.40. The molecule has 0 aromatic heterocycles. The monoisotopic (exact) mass is 238 g/mol. The SMILES string of the molecule is CC(=O)OC(O)OC(C)=O.CC(=O)O[SiH3]. The number of aliphatic hydroxyl groups excluding tert-OH is 1. The van der Waals surface area contributed by atoms with E-state index in [1.54, 1.807) is 0 Å². The lowest BCUT2D eigenvalue weighted by Gasteiger charge is -2.08. The smallest absolute Gasteiger partial charge is 0.362 e. The van der Waals surface area contributed by atoms with Crippen molar-refractivity contribution >= 4 is 28.4 Å². The van der Waals surface area contributed by atoms with Crippen LogP contribution in [0.15, 0.2) is 0 Å². The Morgan fingerprint density at radius 3 is 1.40 bits per heavy atom. The minimum atomic E-state index is -1.78. The summed E-state index contributed by atoms with van der Waals surface area (Å²) in [5.41, 5.74) is 0. The molecule has 7 nitrogen and oxygen atoms in total. The number of esters is 2. The van der Waals surface area contributed by atoms with Gasteiger partial charge in [-0.15, -0.1) is 0 Å². The molecule has 0 fully saturated rings. The third-order valence-electron chi connectivity index (χ3n) is 0.821. The van der Waals surface area contributed by atoms with Crippen molar-refractivity contribution in [2.24, 2.45) is 0 Å². The molecule has 0 saturated heterocycles. The zero-order chi connectivity index (χ0) is 12.4. The first-order chi connectivity index (χ1) is 6.79. The zero-order valence-electron chi connectivity index (χ0n) is 8.97. The van der Waals surface area contributed by atoms with Crippen molar-refractivity contribution in [3.63, 3.8) is 0 Å². The number of rotatable bonds is 2. The fourth-order valence-electron chi connectivity index (χ4n) is 0.308. The molecule has 15 heavy (non-hydrogen) atoms. The average Bonchev–Trinajstić information content (AvgIpc) is 2.01. The van der Waals surface area contributed by atoms with E-state index in [-0.39, 0.29) is 5.97 Å². The van der Waals surface area contributed by atoms with Crippen LogP contribution in [0.4, 0.5) is 0 Å². The van der Waals surface area contributed by atoms with Gasteiger partial charge in [0.1, 0.15) is 0 Å². The average molecular weight is 238 g/mol. The lowest BCUT2D eigenvalue weighted by Crippen LogP contribution is -2.21. The molecular weight excluding hydrogens is 224 g/mol. The first kappa shape index (κ1) is 16.0. The Morgan fingerprint density at radius 1 is 1.00 bits per heavy atom. The highest BCUT2D eigenvalue weighted by Crippen LogP contribution is 1.90. The Kier molecular flexibility index (Phi) is 9.78. The molecule has 0 saturated carbocycles. The van der Waals surface area contributed by atoms with Gasteiger partial charge in [-0.2, -0.15) is 0 Å². The van der Waals surface area contributed by atoms with Gasteiger partial charge < -0.3 is 19.0 Å². The van der Waals surface area contributed by atoms with Crippen molar-refractivity contribution in [1.29, 1.82) is 0 Å². The number of aliphatic hydroxyl groups is 1. The highest BCUT2D eigenvalue weighted by atomic mass is 28.2. The normalized spacial score (nSPS) is 8.60. The van der Waals surface area contributed by atoms with Crippen LogP contribution in [0.25, 0.3) is 0 Å². The van der Waals surface area contributed by atoms with Crippen molar-refractivity contribution in [1.82, 2.24) is 0 Å². The molecule has 0 amide bonds. The van der Waals surface area contributed by atoms with E-state index in [0.717, 1.165) is 13.8 Å². The second-order valence-corrected chi connectivity index (χ2v) is 2.63. The van der Waals surface area contributed by atoms with E-state index in [1.165, 1.54) is 6.92 Å². The third kappa shape index (κ3) is 19.1. The van der Waals surface area contributed by atoms with Crippen LogP contribution in [0, 0.1) is 0 Å². The number of ether oxygens (including phenoxy) is 2. The Hall–Kier alpha value is -1.41. The first-order valence-corrected chi connectivity index (χ1v) is 4.68. The lowest BCUT2D eigenvalue weighted by molar-refractivity contribution is -0.243. The molecule has 0 spiro atoms. The summed E-state index contributed by atoms with van der Waals surface area (Å²) in [5, 5.41) is 8.50. The molecule has 0 atom stereocenters. The quantitative estimate of drug-likeness (QED) is 0.345. The molecule has 0 aliphatic rings. The highest BCUT2D eigenvalue weighted by Gasteiger charge is 2.08. The predicted molar refractivity (Wildman–Crippen MR) is 51.2 cm³/mol. The molecular formula is C7H14O7Si. The van der Waals surface area contributed by atoms with Crippen molar-refractivity contribution in [2.75, 3.05) is 0 Å². The van der Waals surface area contributed by atoms with Gasteiger partial charge in [0.05, 0.1) is 0 Å². The van der Waals surface area contributed by atoms with Crippen LogP contribution >= 0.6 is 0 Å². The van der Waals surface area contributed by atoms with Gasteiger partial charge >= 0.3 is 18.4 Å². The largest absolute Gasteiger partial charge is 0.529 e. The first-order valence-electron chi connectivity index (χ1n) is 3.86. The maximum absolute atomic E-state index is 10.1. The van der Waals surface area contributed by atoms with Crippen molar-refractivity contribution in [2.45, 2.75) is 27.2 Å². The molecule has 0 unspecified atom stereocenters. The summed E-state index contributed by atoms with van der Waals surface area (Å²) in [5.74, 6) is -1.61. The van der Waals surface area contributed by atoms with Crippen LogP contribution < -0.4 is 0 Å². The molecule has 0 aliphatic carbocycles. The molecule has 0 aromatic carbocycles. The Bertz CT molecular complexity index is 211. The summed E-state index contributed by atoms with van der Waals surface area (Å²) in [6.07, 6.45) is 0. The van der Waals surface area contributed by atoms with Gasteiger partial charge in [-0.1, -0.05) is 0 Å². The molecule has 0 aromatic rings. The van der Waals surface area contributed by atoms with Gasteiger partial charge in [0.25, 0.3) is 5.97 Å². The minimum absolute atomic E-state index is 0.184. The molecule has 0 radical (unpaired) electrons. The fourth-order valence-corrected chi connectivity index (χ4v) is 0.308. The number of hydrogen-bond acceptors (Lipinski definition) is 7. The minimum Gasteiger partial charge on any atom is -0.529 e. The standard InChI is InChI=1S/C5H8O5.C2H6O2Si/c1-3(6)9-5(8)10-4(2)7;1-2(3)4-5/h5,8H,1-2H3;1,5H3. The Morgan fingerprint density at radius 2 is 1.27 bits per heavy atom. The van der Waals surface area contributed by atoms with E-state index in [0.29, 0.717) is 10.5 Å². The van der Waals surface area contributed by atoms with Gasteiger partial charge in [-0.05, 0) is 0 Å². The maximum atomic E-state index is 10.1. The van der Waals surface area contributed by atoms with Gasteiger partial charge in [-0.3, -0.25) is 14.4 Å². The summed E-state index contributed by atoms with van der Waals surface area (Å²) in [6.45, 7) is 1.79. The number of carbonyl (C=O) groups excluding carboxylic acids is 3. The summed E-state index contributed by atoms with van der Waals surface area (Å²) in [4.78, 5) is 29.7. The van der Waals surface area contributed by atoms with E-state index in [9.17, 15) is 14.4 Å². The van der Waals surface area contributed by atoms with Crippen LogP contribution in [0.2, 0.25) is 0 Å². The van der Waals surface area contributed by atoms with Crippen LogP contribution in [0.3, 0.4) is 0 Å². The second-order valence-electron chi connectivity index (χ2n) is 2.22. The van der Waals surface area contributed by atoms with Crippen LogP contribution in [0.1, 0.15) is 20.8 Å². The van der Waals surface area contributed by atoms with E-state index in [4.69, 9.17) is 5.11 Å². The number of carbonyl (C=O) groups is 3. The summed E-state index contributed by atoms with van der Waals surface area (Å²) in [7, 11) is 0.524.